The summed E-state index contributed by atoms with van der Waals surface area (Å²) >= 11 is 9.70. The Morgan fingerprint density at radius 3 is 2.79 bits per heavy atom. The summed E-state index contributed by atoms with van der Waals surface area (Å²) in [6.45, 7) is 3.00. The molecule has 14 heavy (non-hydrogen) atoms. The molecule has 1 unspecified atom stereocenters. The van der Waals surface area contributed by atoms with Gasteiger partial charge in [0.2, 0.25) is 0 Å². The molecule has 0 N–H and O–H groups in total. The van der Waals surface area contributed by atoms with Crippen LogP contribution in [0, 0.1) is 0 Å². The highest BCUT2D eigenvalue weighted by Gasteiger charge is 2.08. The summed E-state index contributed by atoms with van der Waals surface area (Å²) in [6, 6.07) is 0. The molecule has 0 bridgehead atoms. The van der Waals surface area contributed by atoms with E-state index < -0.39 is 0 Å². The van der Waals surface area contributed by atoms with Crippen molar-refractivity contribution in [2.24, 2.45) is 0 Å². The van der Waals surface area contributed by atoms with Crippen molar-refractivity contribution in [2.75, 3.05) is 49.6 Å². The molecule has 1 heterocycles. The zero-order valence-electron chi connectivity index (χ0n) is 8.25. The van der Waals surface area contributed by atoms with E-state index in [-0.39, 0.29) is 0 Å². The second-order valence-electron chi connectivity index (χ2n) is 2.95. The monoisotopic (exact) mass is 256 g/mol. The Balaban J connectivity index is 2.17. The molecule has 0 aliphatic carbocycles. The van der Waals surface area contributed by atoms with Crippen LogP contribution >= 0.6 is 35.1 Å². The van der Waals surface area contributed by atoms with Crippen molar-refractivity contribution in [1.82, 2.24) is 0 Å². The molecule has 0 aromatic rings. The van der Waals surface area contributed by atoms with Gasteiger partial charge in [-0.25, -0.2) is 0 Å². The lowest BCUT2D eigenvalue weighted by Gasteiger charge is -2.15. The molecule has 1 fully saturated rings. The molecule has 84 valence electrons. The fourth-order valence-electron chi connectivity index (χ4n) is 1.07. The minimum Gasteiger partial charge on any atom is -0.378 e. The van der Waals surface area contributed by atoms with E-state index in [4.69, 9.17) is 21.1 Å². The average molecular weight is 257 g/mol. The summed E-state index contributed by atoms with van der Waals surface area (Å²) in [4.78, 5) is 0. The number of ether oxygens (including phenoxy) is 2. The maximum Gasteiger partial charge on any atom is 0.0701 e. The number of hydrogen-bond acceptors (Lipinski definition) is 4. The molecule has 0 radical (unpaired) electrons. The molecule has 1 rings (SSSR count). The summed E-state index contributed by atoms with van der Waals surface area (Å²) in [5.74, 6) is 4.11. The zero-order valence-corrected chi connectivity index (χ0v) is 10.6. The zero-order chi connectivity index (χ0) is 10.1. The van der Waals surface area contributed by atoms with Gasteiger partial charge in [-0.15, -0.1) is 11.6 Å². The van der Waals surface area contributed by atoms with Gasteiger partial charge in [0.05, 0.1) is 26.4 Å². The Morgan fingerprint density at radius 2 is 1.93 bits per heavy atom. The van der Waals surface area contributed by atoms with Gasteiger partial charge in [0.15, 0.2) is 0 Å². The molecule has 0 aromatic heterocycles. The normalized spacial score (nSPS) is 27.6. The van der Waals surface area contributed by atoms with Crippen LogP contribution in [-0.4, -0.2) is 54.8 Å². The van der Waals surface area contributed by atoms with Crippen LogP contribution in [0.2, 0.25) is 0 Å². The molecule has 0 spiro atoms. The third-order valence-corrected chi connectivity index (χ3v) is 4.78. The van der Waals surface area contributed by atoms with Gasteiger partial charge in [0.1, 0.15) is 0 Å². The molecule has 2 nitrogen and oxygen atoms in total. The topological polar surface area (TPSA) is 18.5 Å². The van der Waals surface area contributed by atoms with Crippen LogP contribution in [-0.2, 0) is 9.47 Å². The van der Waals surface area contributed by atoms with Crippen molar-refractivity contribution in [2.45, 2.75) is 5.25 Å². The van der Waals surface area contributed by atoms with Gasteiger partial charge in [0.25, 0.3) is 0 Å². The van der Waals surface area contributed by atoms with E-state index in [9.17, 15) is 0 Å². The van der Waals surface area contributed by atoms with Gasteiger partial charge in [-0.1, -0.05) is 0 Å². The lowest BCUT2D eigenvalue weighted by atomic mass is 10.5. The summed E-state index contributed by atoms with van der Waals surface area (Å²) in [5, 5.41) is 0.441. The lowest BCUT2D eigenvalue weighted by Crippen LogP contribution is -2.18. The summed E-state index contributed by atoms with van der Waals surface area (Å²) in [7, 11) is 0. The predicted molar refractivity (Wildman–Crippen MR) is 65.9 cm³/mol. The first-order valence-corrected chi connectivity index (χ1v) is 7.58. The molecular weight excluding hydrogens is 240 g/mol. The van der Waals surface area contributed by atoms with Crippen LogP contribution in [0.3, 0.4) is 0 Å². The maximum atomic E-state index is 5.83. The molecule has 5 heteroatoms. The Morgan fingerprint density at radius 1 is 1.07 bits per heavy atom. The predicted octanol–water partition coefficient (Wildman–Crippen LogP) is 2.11. The van der Waals surface area contributed by atoms with Crippen LogP contribution in [0.15, 0.2) is 0 Å². The second-order valence-corrected chi connectivity index (χ2v) is 5.89. The Hall–Kier alpha value is 0.910. The highest BCUT2D eigenvalue weighted by Crippen LogP contribution is 2.15. The lowest BCUT2D eigenvalue weighted by molar-refractivity contribution is 0.0556. The Kier molecular flexibility index (Phi) is 8.49. The molecule has 1 saturated heterocycles. The highest BCUT2D eigenvalue weighted by atomic mass is 35.5. The third kappa shape index (κ3) is 6.40. The van der Waals surface area contributed by atoms with E-state index in [0.717, 1.165) is 24.7 Å². The van der Waals surface area contributed by atoms with Crippen molar-refractivity contribution < 1.29 is 9.47 Å². The van der Waals surface area contributed by atoms with E-state index in [1.165, 1.54) is 5.75 Å². The highest BCUT2D eigenvalue weighted by molar-refractivity contribution is 8.03. The van der Waals surface area contributed by atoms with E-state index in [2.05, 4.69) is 0 Å². The number of thioether (sulfide) groups is 2. The van der Waals surface area contributed by atoms with Crippen LogP contribution in [0.25, 0.3) is 0 Å². The van der Waals surface area contributed by atoms with E-state index in [1.807, 2.05) is 23.5 Å². The average Bonchev–Trinajstić information content (AvgIpc) is 2.19. The van der Waals surface area contributed by atoms with Gasteiger partial charge in [-0.3, -0.25) is 0 Å². The molecule has 0 saturated carbocycles. The van der Waals surface area contributed by atoms with Crippen molar-refractivity contribution >= 4 is 35.1 Å². The maximum absolute atomic E-state index is 5.83. The quantitative estimate of drug-likeness (QED) is 0.669. The summed E-state index contributed by atoms with van der Waals surface area (Å²) in [5.41, 5.74) is 0. The first kappa shape index (κ1) is 13.0. The first-order chi connectivity index (χ1) is 6.93. The SMILES string of the molecule is ClCC1COCCOCCSCCS1. The number of hydrogen-bond donors (Lipinski definition) is 0. The number of alkyl halides is 1. The fourth-order valence-corrected chi connectivity index (χ4v) is 3.33. The molecule has 1 aliphatic rings. The van der Waals surface area contributed by atoms with Gasteiger partial charge >= 0.3 is 0 Å². The van der Waals surface area contributed by atoms with Crippen molar-refractivity contribution in [3.8, 4) is 0 Å². The van der Waals surface area contributed by atoms with Gasteiger partial charge < -0.3 is 9.47 Å². The van der Waals surface area contributed by atoms with E-state index in [0.29, 0.717) is 24.3 Å². The molecule has 0 aromatic carbocycles. The fraction of sp³-hybridized carbons (Fsp3) is 1.00. The van der Waals surface area contributed by atoms with Gasteiger partial charge in [-0.2, -0.15) is 23.5 Å². The Labute approximate surface area is 99.4 Å². The second kappa shape index (κ2) is 9.16. The van der Waals surface area contributed by atoms with Crippen molar-refractivity contribution in [3.63, 3.8) is 0 Å². The van der Waals surface area contributed by atoms with Crippen molar-refractivity contribution in [3.05, 3.63) is 0 Å². The number of halogens is 1. The number of rotatable bonds is 1. The molecule has 1 atom stereocenters. The Bertz CT molecular complexity index is 126. The minimum atomic E-state index is 0.441. The van der Waals surface area contributed by atoms with Gasteiger partial charge in [0, 0.05) is 28.4 Å². The molecule has 1 aliphatic heterocycles. The third-order valence-electron chi connectivity index (χ3n) is 1.80. The first-order valence-electron chi connectivity index (χ1n) is 4.84. The smallest absolute Gasteiger partial charge is 0.0701 e. The molecule has 0 amide bonds. The summed E-state index contributed by atoms with van der Waals surface area (Å²) < 4.78 is 10.9. The van der Waals surface area contributed by atoms with Crippen LogP contribution in [0.5, 0.6) is 0 Å². The van der Waals surface area contributed by atoms with E-state index in [1.54, 1.807) is 0 Å². The van der Waals surface area contributed by atoms with Crippen LogP contribution in [0.1, 0.15) is 0 Å². The molecular formula is C9H17ClO2S2. The van der Waals surface area contributed by atoms with Gasteiger partial charge in [-0.05, 0) is 0 Å². The summed E-state index contributed by atoms with van der Waals surface area (Å²) in [6.07, 6.45) is 0. The standard InChI is InChI=1S/C9H17ClO2S2/c10-7-9-8-12-2-1-11-3-4-13-5-6-14-9/h9H,1-8H2. The van der Waals surface area contributed by atoms with Crippen molar-refractivity contribution in [1.29, 1.82) is 0 Å². The van der Waals surface area contributed by atoms with Crippen LogP contribution in [0.4, 0.5) is 0 Å². The minimum absolute atomic E-state index is 0.441. The largest absolute Gasteiger partial charge is 0.378 e. The van der Waals surface area contributed by atoms with Crippen LogP contribution < -0.4 is 0 Å². The van der Waals surface area contributed by atoms with E-state index >= 15 is 0 Å².